The normalized spacial score (nSPS) is 14.1. The maximum Gasteiger partial charge on any atom is 0.416 e. The summed E-state index contributed by atoms with van der Waals surface area (Å²) in [5, 5.41) is 0.512. The molecule has 5 rings (SSSR count). The van der Waals surface area contributed by atoms with Crippen LogP contribution in [0.1, 0.15) is 11.1 Å². The molecule has 0 aliphatic carbocycles. The highest BCUT2D eigenvalue weighted by molar-refractivity contribution is 5.60. The third-order valence-corrected chi connectivity index (χ3v) is 4.54. The molecule has 0 saturated heterocycles. The van der Waals surface area contributed by atoms with E-state index in [2.05, 4.69) is 9.98 Å². The maximum absolute atomic E-state index is 12.9. The van der Waals surface area contributed by atoms with Gasteiger partial charge in [-0.2, -0.15) is 26.3 Å². The van der Waals surface area contributed by atoms with E-state index >= 15 is 0 Å². The lowest BCUT2D eigenvalue weighted by atomic mass is 10.1. The first kappa shape index (κ1) is 18.5. The second-order valence-electron chi connectivity index (χ2n) is 6.58. The SMILES string of the molecule is FC(F)(F)c1ccc2c(c1)Oc1cc3c(cc1=N2)Oc1cc(C(F)(F)F)ccc1N=3. The van der Waals surface area contributed by atoms with Gasteiger partial charge in [-0.1, -0.05) is 0 Å². The Morgan fingerprint density at radius 1 is 0.533 bits per heavy atom. The minimum absolute atomic E-state index is 0.0655. The Kier molecular flexibility index (Phi) is 3.68. The van der Waals surface area contributed by atoms with Crippen LogP contribution in [0.15, 0.2) is 58.5 Å². The van der Waals surface area contributed by atoms with Crippen molar-refractivity contribution >= 4 is 11.4 Å². The van der Waals surface area contributed by atoms with E-state index in [9.17, 15) is 26.3 Å². The van der Waals surface area contributed by atoms with Crippen LogP contribution in [0.2, 0.25) is 0 Å². The molecule has 0 bridgehead atoms. The van der Waals surface area contributed by atoms with Gasteiger partial charge in [0.1, 0.15) is 22.1 Å². The first-order valence-electron chi connectivity index (χ1n) is 8.48. The van der Waals surface area contributed by atoms with Gasteiger partial charge >= 0.3 is 12.4 Å². The number of hydrogen-bond donors (Lipinski definition) is 0. The summed E-state index contributed by atoms with van der Waals surface area (Å²) in [7, 11) is 0. The van der Waals surface area contributed by atoms with Gasteiger partial charge in [0, 0.05) is 12.1 Å². The van der Waals surface area contributed by atoms with E-state index in [1.54, 1.807) is 0 Å². The van der Waals surface area contributed by atoms with Crippen LogP contribution in [-0.2, 0) is 12.4 Å². The molecular weight excluding hydrogens is 414 g/mol. The fraction of sp³-hybridized carbons (Fsp3) is 0.100. The molecule has 0 atom stereocenters. The van der Waals surface area contributed by atoms with E-state index in [0.717, 1.165) is 24.3 Å². The van der Waals surface area contributed by atoms with Gasteiger partial charge in [-0.3, -0.25) is 0 Å². The van der Waals surface area contributed by atoms with Gasteiger partial charge in [0.2, 0.25) is 0 Å². The molecule has 0 unspecified atom stereocenters. The van der Waals surface area contributed by atoms with Gasteiger partial charge in [0.05, 0.1) is 11.1 Å². The van der Waals surface area contributed by atoms with Gasteiger partial charge in [-0.05, 0) is 36.4 Å². The molecule has 3 aromatic carbocycles. The smallest absolute Gasteiger partial charge is 0.416 e. The first-order valence-corrected chi connectivity index (χ1v) is 8.48. The summed E-state index contributed by atoms with van der Waals surface area (Å²) in [5.74, 6) is 0.181. The van der Waals surface area contributed by atoms with Crippen LogP contribution in [0.25, 0.3) is 0 Å². The summed E-state index contributed by atoms with van der Waals surface area (Å²) >= 11 is 0. The molecule has 0 N–H and O–H groups in total. The largest absolute Gasteiger partial charge is 0.453 e. The Hall–Kier alpha value is -3.56. The molecule has 0 aromatic heterocycles. The third kappa shape index (κ3) is 3.04. The molecule has 152 valence electrons. The second-order valence-corrected chi connectivity index (χ2v) is 6.58. The monoisotopic (exact) mass is 422 g/mol. The number of ether oxygens (including phenoxy) is 2. The number of rotatable bonds is 0. The standard InChI is InChI=1S/C20H8F6N2O2/c21-19(22,23)9-1-3-11-15(5-9)29-17-8-14-18(7-13(17)27-11)30-16-6-10(20(24,25)26)2-4-12(16)28-14/h1-8H. The van der Waals surface area contributed by atoms with Gasteiger partial charge in [0.25, 0.3) is 0 Å². The molecule has 2 heterocycles. The minimum atomic E-state index is -4.53. The number of nitrogens with zero attached hydrogens (tertiary/aromatic N) is 2. The Bertz CT molecular complexity index is 1230. The molecule has 2 aliphatic heterocycles. The zero-order chi connectivity index (χ0) is 21.3. The van der Waals surface area contributed by atoms with Gasteiger partial charge in [-0.25, -0.2) is 9.98 Å². The highest BCUT2D eigenvalue weighted by Crippen LogP contribution is 2.41. The fourth-order valence-corrected chi connectivity index (χ4v) is 3.10. The molecule has 4 nitrogen and oxygen atoms in total. The molecule has 0 spiro atoms. The molecule has 2 aliphatic rings. The van der Waals surface area contributed by atoms with E-state index in [0.29, 0.717) is 0 Å². The molecule has 3 aromatic rings. The van der Waals surface area contributed by atoms with Gasteiger partial charge in [-0.15, -0.1) is 0 Å². The predicted molar refractivity (Wildman–Crippen MR) is 91.1 cm³/mol. The molecular formula is C20H8F6N2O2. The number of alkyl halides is 6. The third-order valence-electron chi connectivity index (χ3n) is 4.54. The Balaban J connectivity index is 1.60. The summed E-state index contributed by atoms with van der Waals surface area (Å²) in [6.45, 7) is 0. The molecule has 10 heteroatoms. The summed E-state index contributed by atoms with van der Waals surface area (Å²) in [5.41, 5.74) is -1.38. The molecule has 30 heavy (non-hydrogen) atoms. The summed E-state index contributed by atoms with van der Waals surface area (Å²) < 4.78 is 88.7. The van der Waals surface area contributed by atoms with E-state index < -0.39 is 23.5 Å². The van der Waals surface area contributed by atoms with Crippen LogP contribution in [0, 0.1) is 0 Å². The number of hydrogen-bond acceptors (Lipinski definition) is 4. The number of halogens is 6. The molecule has 0 saturated carbocycles. The van der Waals surface area contributed by atoms with Crippen molar-refractivity contribution in [2.45, 2.75) is 12.4 Å². The van der Waals surface area contributed by atoms with Gasteiger partial charge < -0.3 is 9.47 Å². The average Bonchev–Trinajstić information content (AvgIpc) is 2.66. The second kappa shape index (κ2) is 5.97. The van der Waals surface area contributed by atoms with Crippen LogP contribution in [0.4, 0.5) is 37.7 Å². The summed E-state index contributed by atoms with van der Waals surface area (Å²) in [4.78, 5) is 8.52. The van der Waals surface area contributed by atoms with Crippen molar-refractivity contribution in [1.29, 1.82) is 0 Å². The van der Waals surface area contributed by atoms with Crippen LogP contribution >= 0.6 is 0 Å². The van der Waals surface area contributed by atoms with Crippen molar-refractivity contribution in [3.8, 4) is 23.0 Å². The quantitative estimate of drug-likeness (QED) is 0.295. The Labute approximate surface area is 163 Å². The highest BCUT2D eigenvalue weighted by atomic mass is 19.4. The summed E-state index contributed by atoms with van der Waals surface area (Å²) in [6.07, 6.45) is -9.06. The topological polar surface area (TPSA) is 43.2 Å². The Morgan fingerprint density at radius 3 is 1.30 bits per heavy atom. The van der Waals surface area contributed by atoms with Crippen molar-refractivity contribution in [2.24, 2.45) is 9.98 Å². The lowest BCUT2D eigenvalue weighted by molar-refractivity contribution is -0.138. The lowest BCUT2D eigenvalue weighted by Crippen LogP contribution is -2.19. The average molecular weight is 422 g/mol. The van der Waals surface area contributed by atoms with E-state index in [1.807, 2.05) is 0 Å². The minimum Gasteiger partial charge on any atom is -0.453 e. The van der Waals surface area contributed by atoms with E-state index in [1.165, 1.54) is 24.3 Å². The van der Waals surface area contributed by atoms with Crippen molar-refractivity contribution in [1.82, 2.24) is 0 Å². The van der Waals surface area contributed by atoms with Crippen LogP contribution in [0.3, 0.4) is 0 Å². The van der Waals surface area contributed by atoms with Gasteiger partial charge in [0.15, 0.2) is 23.0 Å². The van der Waals surface area contributed by atoms with E-state index in [-0.39, 0.29) is 45.1 Å². The predicted octanol–water partition coefficient (Wildman–Crippen LogP) is 5.84. The van der Waals surface area contributed by atoms with Crippen molar-refractivity contribution in [3.63, 3.8) is 0 Å². The zero-order valence-corrected chi connectivity index (χ0v) is 14.6. The number of benzene rings is 3. The zero-order valence-electron chi connectivity index (χ0n) is 14.6. The van der Waals surface area contributed by atoms with Crippen LogP contribution < -0.4 is 20.2 Å². The van der Waals surface area contributed by atoms with Crippen molar-refractivity contribution in [3.05, 3.63) is 70.4 Å². The highest BCUT2D eigenvalue weighted by Gasteiger charge is 2.33. The maximum atomic E-state index is 12.9. The molecule has 0 amide bonds. The van der Waals surface area contributed by atoms with E-state index in [4.69, 9.17) is 9.47 Å². The number of fused-ring (bicyclic) bond motifs is 4. The van der Waals surface area contributed by atoms with Crippen LogP contribution in [-0.4, -0.2) is 0 Å². The summed E-state index contributed by atoms with van der Waals surface area (Å²) in [6, 6.07) is 8.65. The fourth-order valence-electron chi connectivity index (χ4n) is 3.10. The van der Waals surface area contributed by atoms with Crippen LogP contribution in [0.5, 0.6) is 23.0 Å². The molecule has 0 radical (unpaired) electrons. The van der Waals surface area contributed by atoms with Crippen molar-refractivity contribution < 1.29 is 35.8 Å². The first-order chi connectivity index (χ1) is 14.1. The molecule has 0 fully saturated rings. The lowest BCUT2D eigenvalue weighted by Gasteiger charge is -2.19. The van der Waals surface area contributed by atoms with Crippen molar-refractivity contribution in [2.75, 3.05) is 0 Å². The Morgan fingerprint density at radius 2 is 0.933 bits per heavy atom.